The van der Waals surface area contributed by atoms with Crippen LogP contribution in [0.3, 0.4) is 0 Å². The zero-order valence-corrected chi connectivity index (χ0v) is 17.2. The summed E-state index contributed by atoms with van der Waals surface area (Å²) in [7, 11) is 3.96. The van der Waals surface area contributed by atoms with Crippen molar-refractivity contribution >= 4 is 17.6 Å². The lowest BCUT2D eigenvalue weighted by molar-refractivity contribution is -0.0260. The van der Waals surface area contributed by atoms with Gasteiger partial charge in [-0.15, -0.1) is 0 Å². The molecule has 2 bridgehead atoms. The van der Waals surface area contributed by atoms with Crippen LogP contribution in [-0.2, 0) is 4.74 Å². The number of carbonyl (C=O) groups is 2. The van der Waals surface area contributed by atoms with Gasteiger partial charge in [-0.2, -0.15) is 0 Å². The van der Waals surface area contributed by atoms with E-state index in [-0.39, 0.29) is 29.9 Å². The van der Waals surface area contributed by atoms with Crippen LogP contribution in [-0.4, -0.2) is 48.6 Å². The standard InChI is InChI=1S/C22H32N2O3/c1-22(2,3)27-21(26)24-18-10-7-11-19(24)14-16(13-18)20(25)15-8-6-9-17(12-15)23(4)5/h6,8-9,12,16,18-19H,7,10-11,13-14H2,1-5H3. The summed E-state index contributed by atoms with van der Waals surface area (Å²) in [5, 5.41) is 0. The average molecular weight is 373 g/mol. The number of rotatable bonds is 3. The number of benzene rings is 1. The van der Waals surface area contributed by atoms with Gasteiger partial charge in [0.15, 0.2) is 5.78 Å². The maximum absolute atomic E-state index is 13.2. The van der Waals surface area contributed by atoms with Crippen molar-refractivity contribution in [3.63, 3.8) is 0 Å². The molecule has 0 aromatic heterocycles. The van der Waals surface area contributed by atoms with Crippen molar-refractivity contribution in [1.29, 1.82) is 0 Å². The van der Waals surface area contributed by atoms with E-state index in [1.807, 2.05) is 68.9 Å². The second-order valence-corrected chi connectivity index (χ2v) is 9.10. The summed E-state index contributed by atoms with van der Waals surface area (Å²) in [5.74, 6) is 0.191. The van der Waals surface area contributed by atoms with Gasteiger partial charge in [-0.25, -0.2) is 4.79 Å². The van der Waals surface area contributed by atoms with Crippen LogP contribution in [0.1, 0.15) is 63.2 Å². The molecule has 2 fully saturated rings. The van der Waals surface area contributed by atoms with Crippen LogP contribution >= 0.6 is 0 Å². The zero-order chi connectivity index (χ0) is 19.8. The molecule has 3 rings (SSSR count). The molecule has 5 nitrogen and oxygen atoms in total. The van der Waals surface area contributed by atoms with Crippen LogP contribution in [0.15, 0.2) is 24.3 Å². The number of nitrogens with zero attached hydrogens (tertiary/aromatic N) is 2. The molecule has 2 atom stereocenters. The highest BCUT2D eigenvalue weighted by atomic mass is 16.6. The lowest BCUT2D eigenvalue weighted by Crippen LogP contribution is -2.56. The topological polar surface area (TPSA) is 49.9 Å². The second-order valence-electron chi connectivity index (χ2n) is 9.10. The third-order valence-corrected chi connectivity index (χ3v) is 5.60. The number of ketones is 1. The Morgan fingerprint density at radius 3 is 2.30 bits per heavy atom. The number of anilines is 1. The number of amides is 1. The Balaban J connectivity index is 1.75. The van der Waals surface area contributed by atoms with Crippen LogP contribution in [0.5, 0.6) is 0 Å². The molecule has 1 aromatic rings. The molecule has 0 spiro atoms. The zero-order valence-electron chi connectivity index (χ0n) is 17.2. The van der Waals surface area contributed by atoms with E-state index in [4.69, 9.17) is 4.74 Å². The van der Waals surface area contributed by atoms with Gasteiger partial charge in [0.1, 0.15) is 5.60 Å². The predicted molar refractivity (Wildman–Crippen MR) is 107 cm³/mol. The van der Waals surface area contributed by atoms with Gasteiger partial charge in [-0.05, 0) is 65.0 Å². The third-order valence-electron chi connectivity index (χ3n) is 5.60. The number of hydrogen-bond acceptors (Lipinski definition) is 4. The van der Waals surface area contributed by atoms with Crippen LogP contribution in [0, 0.1) is 5.92 Å². The molecule has 0 N–H and O–H groups in total. The minimum atomic E-state index is -0.495. The van der Waals surface area contributed by atoms with Gasteiger partial charge in [0.05, 0.1) is 0 Å². The third kappa shape index (κ3) is 4.45. The molecule has 0 aliphatic carbocycles. The average Bonchev–Trinajstić information content (AvgIpc) is 2.58. The molecule has 1 aromatic carbocycles. The highest BCUT2D eigenvalue weighted by Gasteiger charge is 2.44. The Hall–Kier alpha value is -2.04. The van der Waals surface area contributed by atoms with Gasteiger partial charge in [-0.3, -0.25) is 4.79 Å². The molecule has 1 amide bonds. The van der Waals surface area contributed by atoms with Crippen LogP contribution in [0.4, 0.5) is 10.5 Å². The lowest BCUT2D eigenvalue weighted by atomic mass is 9.76. The predicted octanol–water partition coefficient (Wildman–Crippen LogP) is 4.50. The van der Waals surface area contributed by atoms with E-state index in [1.54, 1.807) is 0 Å². The summed E-state index contributed by atoms with van der Waals surface area (Å²) in [4.78, 5) is 29.8. The largest absolute Gasteiger partial charge is 0.444 e. The van der Waals surface area contributed by atoms with Gasteiger partial charge in [0.25, 0.3) is 0 Å². The van der Waals surface area contributed by atoms with Crippen molar-refractivity contribution in [3.05, 3.63) is 29.8 Å². The van der Waals surface area contributed by atoms with Gasteiger partial charge < -0.3 is 14.5 Å². The Morgan fingerprint density at radius 2 is 1.74 bits per heavy atom. The van der Waals surface area contributed by atoms with Crippen LogP contribution in [0.25, 0.3) is 0 Å². The summed E-state index contributed by atoms with van der Waals surface area (Å²) in [6, 6.07) is 8.05. The Bertz CT molecular complexity index is 694. The van der Waals surface area contributed by atoms with E-state index < -0.39 is 5.60 Å². The molecular formula is C22H32N2O3. The van der Waals surface area contributed by atoms with Crippen molar-refractivity contribution < 1.29 is 14.3 Å². The van der Waals surface area contributed by atoms with E-state index >= 15 is 0 Å². The van der Waals surface area contributed by atoms with Gasteiger partial charge >= 0.3 is 6.09 Å². The number of ether oxygens (including phenoxy) is 1. The molecule has 2 aliphatic rings. The van der Waals surface area contributed by atoms with E-state index in [0.29, 0.717) is 0 Å². The first-order chi connectivity index (χ1) is 12.7. The van der Waals surface area contributed by atoms with E-state index in [2.05, 4.69) is 0 Å². The van der Waals surface area contributed by atoms with Crippen molar-refractivity contribution in [2.45, 2.75) is 70.6 Å². The highest BCUT2D eigenvalue weighted by molar-refractivity contribution is 5.98. The van der Waals surface area contributed by atoms with Crippen molar-refractivity contribution in [1.82, 2.24) is 4.90 Å². The summed E-state index contributed by atoms with van der Waals surface area (Å²) >= 11 is 0. The number of hydrogen-bond donors (Lipinski definition) is 0. The van der Waals surface area contributed by atoms with Crippen molar-refractivity contribution in [2.24, 2.45) is 5.92 Å². The maximum atomic E-state index is 13.2. The maximum Gasteiger partial charge on any atom is 0.410 e. The Labute approximate surface area is 162 Å². The molecule has 2 saturated heterocycles. The second kappa shape index (κ2) is 7.53. The molecular weight excluding hydrogens is 340 g/mol. The number of piperidine rings is 2. The molecule has 2 heterocycles. The minimum absolute atomic E-state index is 0.0172. The van der Waals surface area contributed by atoms with Crippen LogP contribution in [0.2, 0.25) is 0 Å². The smallest absolute Gasteiger partial charge is 0.410 e. The normalized spacial score (nSPS) is 25.1. The fourth-order valence-corrected chi connectivity index (χ4v) is 4.38. The van der Waals surface area contributed by atoms with Crippen LogP contribution < -0.4 is 4.90 Å². The molecule has 0 radical (unpaired) electrons. The SMILES string of the molecule is CN(C)c1cccc(C(=O)C2CC3CCCC(C2)N3C(=O)OC(C)(C)C)c1. The first-order valence-electron chi connectivity index (χ1n) is 9.98. The lowest BCUT2D eigenvalue weighted by Gasteiger charge is -2.48. The van der Waals surface area contributed by atoms with Gasteiger partial charge in [0.2, 0.25) is 0 Å². The molecule has 5 heteroatoms. The quantitative estimate of drug-likeness (QED) is 0.733. The highest BCUT2D eigenvalue weighted by Crippen LogP contribution is 2.39. The summed E-state index contributed by atoms with van der Waals surface area (Å²) in [6.07, 6.45) is 4.28. The molecule has 2 unspecified atom stereocenters. The van der Waals surface area contributed by atoms with Crippen molar-refractivity contribution in [2.75, 3.05) is 19.0 Å². The van der Waals surface area contributed by atoms with Crippen molar-refractivity contribution in [3.8, 4) is 0 Å². The molecule has 148 valence electrons. The first kappa shape index (κ1) is 19.7. The van der Waals surface area contributed by atoms with E-state index in [1.165, 1.54) is 0 Å². The summed E-state index contributed by atoms with van der Waals surface area (Å²) in [6.45, 7) is 5.69. The van der Waals surface area contributed by atoms with E-state index in [0.717, 1.165) is 43.4 Å². The van der Waals surface area contributed by atoms with Gasteiger partial charge in [0, 0.05) is 43.3 Å². The van der Waals surface area contributed by atoms with E-state index in [9.17, 15) is 9.59 Å². The number of fused-ring (bicyclic) bond motifs is 2. The molecule has 27 heavy (non-hydrogen) atoms. The monoisotopic (exact) mass is 372 g/mol. The number of Topliss-reactive ketones (excluding diaryl/α,β-unsaturated/α-hetero) is 1. The summed E-state index contributed by atoms with van der Waals surface area (Å²) < 4.78 is 5.63. The Kier molecular flexibility index (Phi) is 5.50. The van der Waals surface area contributed by atoms with Gasteiger partial charge in [-0.1, -0.05) is 12.1 Å². The Morgan fingerprint density at radius 1 is 1.11 bits per heavy atom. The molecule has 0 saturated carbocycles. The fraction of sp³-hybridized carbons (Fsp3) is 0.636. The molecule has 2 aliphatic heterocycles. The first-order valence-corrected chi connectivity index (χ1v) is 9.98. The number of carbonyl (C=O) groups excluding carboxylic acids is 2. The minimum Gasteiger partial charge on any atom is -0.444 e. The fourth-order valence-electron chi connectivity index (χ4n) is 4.38. The summed E-state index contributed by atoms with van der Waals surface area (Å²) in [5.41, 5.74) is 1.31.